The van der Waals surface area contributed by atoms with Crippen molar-refractivity contribution < 1.29 is 17.9 Å². The molecule has 0 saturated heterocycles. The SMILES string of the molecule is FC(F)(F)COCCC(Cl)c1cccs1. The van der Waals surface area contributed by atoms with E-state index >= 15 is 0 Å². The molecule has 0 aromatic carbocycles. The van der Waals surface area contributed by atoms with E-state index in [1.54, 1.807) is 0 Å². The van der Waals surface area contributed by atoms with Gasteiger partial charge in [-0.05, 0) is 17.9 Å². The molecule has 0 N–H and O–H groups in total. The van der Waals surface area contributed by atoms with Gasteiger partial charge < -0.3 is 4.74 Å². The molecule has 1 heterocycles. The molecule has 0 aliphatic heterocycles. The number of thiophene rings is 1. The van der Waals surface area contributed by atoms with Crippen LogP contribution in [0, 0.1) is 0 Å². The Balaban J connectivity index is 2.16. The summed E-state index contributed by atoms with van der Waals surface area (Å²) in [7, 11) is 0. The predicted molar refractivity (Wildman–Crippen MR) is 54.4 cm³/mol. The molecule has 0 saturated carbocycles. The Bertz CT molecular complexity index is 273. The van der Waals surface area contributed by atoms with Gasteiger partial charge in [-0.2, -0.15) is 13.2 Å². The van der Waals surface area contributed by atoms with Gasteiger partial charge in [-0.3, -0.25) is 0 Å². The topological polar surface area (TPSA) is 9.23 Å². The van der Waals surface area contributed by atoms with Gasteiger partial charge in [0.1, 0.15) is 6.61 Å². The lowest BCUT2D eigenvalue weighted by molar-refractivity contribution is -0.174. The van der Waals surface area contributed by atoms with E-state index in [0.29, 0.717) is 6.42 Å². The first-order valence-corrected chi connectivity index (χ1v) is 5.62. The Hall–Kier alpha value is -0.260. The molecular weight excluding hydrogens is 249 g/mol. The number of ether oxygens (including phenoxy) is 1. The normalized spacial score (nSPS) is 14.1. The Morgan fingerprint density at radius 2 is 2.20 bits per heavy atom. The highest BCUT2D eigenvalue weighted by atomic mass is 35.5. The molecule has 0 amide bonds. The van der Waals surface area contributed by atoms with Gasteiger partial charge in [0, 0.05) is 11.5 Å². The second kappa shape index (κ2) is 5.72. The van der Waals surface area contributed by atoms with Crippen molar-refractivity contribution in [3.05, 3.63) is 22.4 Å². The Morgan fingerprint density at radius 3 is 2.73 bits per heavy atom. The van der Waals surface area contributed by atoms with E-state index in [1.807, 2.05) is 17.5 Å². The molecule has 6 heteroatoms. The highest BCUT2D eigenvalue weighted by molar-refractivity contribution is 7.10. The van der Waals surface area contributed by atoms with Crippen molar-refractivity contribution in [2.75, 3.05) is 13.2 Å². The van der Waals surface area contributed by atoms with Gasteiger partial charge in [0.25, 0.3) is 0 Å². The highest BCUT2D eigenvalue weighted by Crippen LogP contribution is 2.28. The first kappa shape index (κ1) is 12.8. The summed E-state index contributed by atoms with van der Waals surface area (Å²) in [5, 5.41) is 1.61. The molecule has 1 aromatic rings. The van der Waals surface area contributed by atoms with E-state index in [0.717, 1.165) is 4.88 Å². The van der Waals surface area contributed by atoms with Crippen LogP contribution < -0.4 is 0 Å². The third-order valence-corrected chi connectivity index (χ3v) is 3.20. The van der Waals surface area contributed by atoms with Crippen molar-refractivity contribution in [1.82, 2.24) is 0 Å². The van der Waals surface area contributed by atoms with Gasteiger partial charge in [-0.1, -0.05) is 6.07 Å². The smallest absolute Gasteiger partial charge is 0.372 e. The maximum Gasteiger partial charge on any atom is 0.411 e. The van der Waals surface area contributed by atoms with Gasteiger partial charge in [0.2, 0.25) is 0 Å². The van der Waals surface area contributed by atoms with Crippen molar-refractivity contribution in [3.63, 3.8) is 0 Å². The largest absolute Gasteiger partial charge is 0.411 e. The zero-order valence-electron chi connectivity index (χ0n) is 7.76. The van der Waals surface area contributed by atoms with Crippen molar-refractivity contribution in [2.24, 2.45) is 0 Å². The fraction of sp³-hybridized carbons (Fsp3) is 0.556. The van der Waals surface area contributed by atoms with Crippen molar-refractivity contribution in [1.29, 1.82) is 0 Å². The van der Waals surface area contributed by atoms with Gasteiger partial charge in [-0.15, -0.1) is 22.9 Å². The average molecular weight is 259 g/mol. The molecule has 1 aromatic heterocycles. The average Bonchev–Trinajstić information content (AvgIpc) is 2.63. The lowest BCUT2D eigenvalue weighted by atomic mass is 10.3. The second-order valence-electron chi connectivity index (χ2n) is 2.94. The molecule has 0 spiro atoms. The summed E-state index contributed by atoms with van der Waals surface area (Å²) in [4.78, 5) is 0.951. The monoisotopic (exact) mass is 258 g/mol. The summed E-state index contributed by atoms with van der Waals surface area (Å²) < 4.78 is 39.6. The number of hydrogen-bond donors (Lipinski definition) is 0. The molecule has 0 fully saturated rings. The van der Waals surface area contributed by atoms with Gasteiger partial charge in [0.05, 0.1) is 5.38 Å². The maximum absolute atomic E-state index is 11.7. The summed E-state index contributed by atoms with van der Waals surface area (Å²) in [5.74, 6) is 0. The number of hydrogen-bond acceptors (Lipinski definition) is 2. The van der Waals surface area contributed by atoms with Crippen LogP contribution in [0.15, 0.2) is 17.5 Å². The van der Waals surface area contributed by atoms with Crippen LogP contribution in [0.5, 0.6) is 0 Å². The van der Waals surface area contributed by atoms with Crippen LogP contribution in [0.3, 0.4) is 0 Å². The number of halogens is 4. The van der Waals surface area contributed by atoms with Crippen molar-refractivity contribution >= 4 is 22.9 Å². The van der Waals surface area contributed by atoms with Gasteiger partial charge in [0.15, 0.2) is 0 Å². The van der Waals surface area contributed by atoms with E-state index in [-0.39, 0.29) is 12.0 Å². The van der Waals surface area contributed by atoms with E-state index in [2.05, 4.69) is 4.74 Å². The molecule has 1 nitrogen and oxygen atoms in total. The minimum Gasteiger partial charge on any atom is -0.372 e. The van der Waals surface area contributed by atoms with Crippen molar-refractivity contribution in [2.45, 2.75) is 18.0 Å². The molecule has 0 radical (unpaired) electrons. The fourth-order valence-electron chi connectivity index (χ4n) is 0.986. The Kier molecular flexibility index (Phi) is 4.89. The quantitative estimate of drug-likeness (QED) is 0.573. The summed E-state index contributed by atoms with van der Waals surface area (Å²) >= 11 is 7.43. The van der Waals surface area contributed by atoms with Crippen LogP contribution in [-0.2, 0) is 4.74 Å². The van der Waals surface area contributed by atoms with E-state index < -0.39 is 12.8 Å². The molecule has 0 aliphatic rings. The molecule has 86 valence electrons. The minimum absolute atomic E-state index is 0.0194. The van der Waals surface area contributed by atoms with E-state index in [9.17, 15) is 13.2 Å². The van der Waals surface area contributed by atoms with E-state index in [1.165, 1.54) is 11.3 Å². The van der Waals surface area contributed by atoms with Crippen LogP contribution in [0.2, 0.25) is 0 Å². The second-order valence-corrected chi connectivity index (χ2v) is 4.45. The molecule has 1 rings (SSSR count). The molecule has 15 heavy (non-hydrogen) atoms. The van der Waals surface area contributed by atoms with Crippen LogP contribution >= 0.6 is 22.9 Å². The first-order chi connectivity index (χ1) is 6.99. The van der Waals surface area contributed by atoms with Crippen molar-refractivity contribution in [3.8, 4) is 0 Å². The van der Waals surface area contributed by atoms with Crippen LogP contribution in [0.1, 0.15) is 16.7 Å². The lowest BCUT2D eigenvalue weighted by Gasteiger charge is -2.09. The zero-order valence-corrected chi connectivity index (χ0v) is 9.33. The van der Waals surface area contributed by atoms with Crippen LogP contribution in [-0.4, -0.2) is 19.4 Å². The first-order valence-electron chi connectivity index (χ1n) is 4.31. The Labute approximate surface area is 94.8 Å². The fourth-order valence-corrected chi connectivity index (χ4v) is 2.04. The minimum atomic E-state index is -4.26. The molecular formula is C9H10ClF3OS. The van der Waals surface area contributed by atoms with E-state index in [4.69, 9.17) is 11.6 Å². The summed E-state index contributed by atoms with van der Waals surface area (Å²) in [6.45, 7) is -1.19. The molecule has 1 unspecified atom stereocenters. The number of rotatable bonds is 5. The summed E-state index contributed by atoms with van der Waals surface area (Å²) in [5.41, 5.74) is 0. The predicted octanol–water partition coefficient (Wildman–Crippen LogP) is 4.00. The third-order valence-electron chi connectivity index (χ3n) is 1.63. The van der Waals surface area contributed by atoms with Crippen LogP contribution in [0.25, 0.3) is 0 Å². The van der Waals surface area contributed by atoms with Gasteiger partial charge >= 0.3 is 6.18 Å². The molecule has 0 aliphatic carbocycles. The molecule has 0 bridgehead atoms. The lowest BCUT2D eigenvalue weighted by Crippen LogP contribution is -2.17. The highest BCUT2D eigenvalue weighted by Gasteiger charge is 2.27. The summed E-state index contributed by atoms with van der Waals surface area (Å²) in [6, 6.07) is 3.71. The zero-order chi connectivity index (χ0) is 11.3. The van der Waals surface area contributed by atoms with Crippen LogP contribution in [0.4, 0.5) is 13.2 Å². The maximum atomic E-state index is 11.7. The number of alkyl halides is 4. The van der Waals surface area contributed by atoms with Gasteiger partial charge in [-0.25, -0.2) is 0 Å². The third kappa shape index (κ3) is 5.39. The standard InChI is InChI=1S/C9H10ClF3OS/c10-7(8-2-1-5-15-8)3-4-14-6-9(11,12)13/h1-2,5,7H,3-4,6H2. The summed E-state index contributed by atoms with van der Waals surface area (Å²) in [6.07, 6.45) is -3.87. The Morgan fingerprint density at radius 1 is 1.47 bits per heavy atom. The molecule has 1 atom stereocenters.